The van der Waals surface area contributed by atoms with Crippen molar-refractivity contribution in [2.75, 3.05) is 20.8 Å². The van der Waals surface area contributed by atoms with Gasteiger partial charge in [0.05, 0.1) is 13.2 Å². The highest BCUT2D eigenvalue weighted by atomic mass is 16.5. The van der Waals surface area contributed by atoms with E-state index in [0.717, 1.165) is 42.0 Å². The van der Waals surface area contributed by atoms with Crippen LogP contribution >= 0.6 is 0 Å². The Kier molecular flexibility index (Phi) is 6.96. The summed E-state index contributed by atoms with van der Waals surface area (Å²) >= 11 is 0. The van der Waals surface area contributed by atoms with Gasteiger partial charge in [-0.3, -0.25) is 4.98 Å². The lowest BCUT2D eigenvalue weighted by Gasteiger charge is -2.26. The largest absolute Gasteiger partial charge is 0.496 e. The lowest BCUT2D eigenvalue weighted by molar-refractivity contribution is 0.0336. The van der Waals surface area contributed by atoms with Crippen LogP contribution in [0.15, 0.2) is 6.20 Å². The molecule has 1 rings (SSSR count). The fourth-order valence-electron chi connectivity index (χ4n) is 2.64. The zero-order valence-corrected chi connectivity index (χ0v) is 13.6. The molecule has 1 aromatic rings. The maximum absolute atomic E-state index is 5.82. The molecular weight excluding hydrogens is 252 g/mol. The Morgan fingerprint density at radius 3 is 2.50 bits per heavy atom. The second-order valence-electron chi connectivity index (χ2n) is 5.05. The number of likely N-dealkylation sites (N-methyl/N-ethyl adjacent to an activating group) is 1. The normalized spacial score (nSPS) is 14.1. The van der Waals surface area contributed by atoms with Crippen LogP contribution in [0.5, 0.6) is 5.75 Å². The van der Waals surface area contributed by atoms with Gasteiger partial charge in [0.2, 0.25) is 0 Å². The van der Waals surface area contributed by atoms with Crippen molar-refractivity contribution in [3.63, 3.8) is 0 Å². The number of rotatable bonds is 8. The molecule has 0 radical (unpaired) electrons. The minimum absolute atomic E-state index is 0.207. The first-order valence-corrected chi connectivity index (χ1v) is 7.36. The van der Waals surface area contributed by atoms with Crippen LogP contribution in [0, 0.1) is 13.8 Å². The summed E-state index contributed by atoms with van der Waals surface area (Å²) < 4.78 is 11.3. The summed E-state index contributed by atoms with van der Waals surface area (Å²) in [5.74, 6) is 0.939. The summed E-state index contributed by atoms with van der Waals surface area (Å²) in [7, 11) is 3.69. The molecule has 114 valence electrons. The van der Waals surface area contributed by atoms with Gasteiger partial charge in [-0.25, -0.2) is 0 Å². The van der Waals surface area contributed by atoms with Gasteiger partial charge in [0.25, 0.3) is 0 Å². The van der Waals surface area contributed by atoms with Crippen molar-refractivity contribution in [2.45, 2.75) is 52.7 Å². The second-order valence-corrected chi connectivity index (χ2v) is 5.05. The number of nitrogens with zero attached hydrogens (tertiary/aromatic N) is 1. The maximum atomic E-state index is 5.82. The van der Waals surface area contributed by atoms with Crippen LogP contribution in [0.25, 0.3) is 0 Å². The predicted octanol–water partition coefficient (Wildman–Crippen LogP) is 2.65. The summed E-state index contributed by atoms with van der Waals surface area (Å²) in [6.45, 7) is 9.02. The van der Waals surface area contributed by atoms with E-state index < -0.39 is 0 Å². The van der Waals surface area contributed by atoms with Crippen molar-refractivity contribution in [3.05, 3.63) is 23.0 Å². The standard InChI is InChI=1S/C16H28N2O2/c1-7-15(20-8-2)14(17-5)9-13-12(4)16(19-6)11(3)10-18-13/h10,14-15,17H,7-9H2,1-6H3. The van der Waals surface area contributed by atoms with Gasteiger partial charge in [0.15, 0.2) is 0 Å². The number of nitrogens with one attached hydrogen (secondary N) is 1. The van der Waals surface area contributed by atoms with E-state index >= 15 is 0 Å². The number of aryl methyl sites for hydroxylation is 1. The Morgan fingerprint density at radius 1 is 1.30 bits per heavy atom. The summed E-state index contributed by atoms with van der Waals surface area (Å²) in [6, 6.07) is 0.263. The molecule has 1 N–H and O–H groups in total. The Hall–Kier alpha value is -1.13. The van der Waals surface area contributed by atoms with Gasteiger partial charge in [-0.2, -0.15) is 0 Å². The first kappa shape index (κ1) is 16.9. The van der Waals surface area contributed by atoms with E-state index in [1.165, 1.54) is 0 Å². The number of hydrogen-bond donors (Lipinski definition) is 1. The van der Waals surface area contributed by atoms with Gasteiger partial charge < -0.3 is 14.8 Å². The molecule has 0 aliphatic rings. The van der Waals surface area contributed by atoms with E-state index in [-0.39, 0.29) is 12.1 Å². The molecule has 0 aromatic carbocycles. The smallest absolute Gasteiger partial charge is 0.128 e. The first-order valence-electron chi connectivity index (χ1n) is 7.36. The molecule has 0 fully saturated rings. The fourth-order valence-corrected chi connectivity index (χ4v) is 2.64. The van der Waals surface area contributed by atoms with Gasteiger partial charge in [0, 0.05) is 42.1 Å². The van der Waals surface area contributed by atoms with Crippen LogP contribution in [0.3, 0.4) is 0 Å². The van der Waals surface area contributed by atoms with Gasteiger partial charge in [-0.05, 0) is 34.2 Å². The minimum atomic E-state index is 0.207. The van der Waals surface area contributed by atoms with Crippen LogP contribution in [-0.4, -0.2) is 37.9 Å². The number of methoxy groups -OCH3 is 1. The van der Waals surface area contributed by atoms with Crippen molar-refractivity contribution < 1.29 is 9.47 Å². The molecule has 0 bridgehead atoms. The van der Waals surface area contributed by atoms with E-state index in [4.69, 9.17) is 9.47 Å². The van der Waals surface area contributed by atoms with Crippen molar-refractivity contribution in [2.24, 2.45) is 0 Å². The number of aromatic nitrogens is 1. The molecule has 4 heteroatoms. The number of ether oxygens (including phenoxy) is 2. The Labute approximate surface area is 122 Å². The molecule has 0 aliphatic carbocycles. The average molecular weight is 280 g/mol. The highest BCUT2D eigenvalue weighted by molar-refractivity contribution is 5.41. The third-order valence-electron chi connectivity index (χ3n) is 3.77. The quantitative estimate of drug-likeness (QED) is 0.795. The Balaban J connectivity index is 2.95. The lowest BCUT2D eigenvalue weighted by atomic mass is 9.99. The third-order valence-corrected chi connectivity index (χ3v) is 3.77. The van der Waals surface area contributed by atoms with Crippen LogP contribution < -0.4 is 10.1 Å². The lowest BCUT2D eigenvalue weighted by Crippen LogP contribution is -2.41. The first-order chi connectivity index (χ1) is 9.58. The monoisotopic (exact) mass is 280 g/mol. The van der Waals surface area contributed by atoms with E-state index in [0.29, 0.717) is 0 Å². The highest BCUT2D eigenvalue weighted by Gasteiger charge is 2.21. The molecule has 0 saturated carbocycles. The molecular formula is C16H28N2O2. The van der Waals surface area contributed by atoms with Gasteiger partial charge in [0.1, 0.15) is 5.75 Å². The molecule has 0 spiro atoms. The van der Waals surface area contributed by atoms with Gasteiger partial charge in [-0.1, -0.05) is 6.92 Å². The van der Waals surface area contributed by atoms with E-state index in [1.807, 2.05) is 27.1 Å². The molecule has 2 atom stereocenters. The minimum Gasteiger partial charge on any atom is -0.496 e. The average Bonchev–Trinajstić information content (AvgIpc) is 2.45. The molecule has 1 heterocycles. The second kappa shape index (κ2) is 8.22. The molecule has 0 saturated heterocycles. The summed E-state index contributed by atoms with van der Waals surface area (Å²) in [4.78, 5) is 4.58. The maximum Gasteiger partial charge on any atom is 0.128 e. The van der Waals surface area contributed by atoms with Crippen LogP contribution in [0.1, 0.15) is 37.1 Å². The third kappa shape index (κ3) is 3.93. The van der Waals surface area contributed by atoms with Crippen molar-refractivity contribution in [1.29, 1.82) is 0 Å². The van der Waals surface area contributed by atoms with Crippen LogP contribution in [0.2, 0.25) is 0 Å². The molecule has 1 aromatic heterocycles. The zero-order valence-electron chi connectivity index (χ0n) is 13.6. The highest BCUT2D eigenvalue weighted by Crippen LogP contribution is 2.25. The van der Waals surface area contributed by atoms with Crippen LogP contribution in [0.4, 0.5) is 0 Å². The van der Waals surface area contributed by atoms with Crippen LogP contribution in [-0.2, 0) is 11.2 Å². The molecule has 0 amide bonds. The molecule has 2 unspecified atom stereocenters. The van der Waals surface area contributed by atoms with Crippen molar-refractivity contribution in [3.8, 4) is 5.75 Å². The topological polar surface area (TPSA) is 43.4 Å². The van der Waals surface area contributed by atoms with E-state index in [2.05, 4.69) is 24.1 Å². The van der Waals surface area contributed by atoms with Crippen molar-refractivity contribution >= 4 is 0 Å². The predicted molar refractivity (Wildman–Crippen MR) is 82.5 cm³/mol. The summed E-state index contributed by atoms with van der Waals surface area (Å²) in [5.41, 5.74) is 3.27. The van der Waals surface area contributed by atoms with E-state index in [9.17, 15) is 0 Å². The zero-order chi connectivity index (χ0) is 15.1. The number of pyridine rings is 1. The molecule has 20 heavy (non-hydrogen) atoms. The summed E-state index contributed by atoms with van der Waals surface area (Å²) in [5, 5.41) is 3.36. The molecule has 4 nitrogen and oxygen atoms in total. The summed E-state index contributed by atoms with van der Waals surface area (Å²) in [6.07, 6.45) is 3.92. The fraction of sp³-hybridized carbons (Fsp3) is 0.688. The van der Waals surface area contributed by atoms with Gasteiger partial charge in [-0.15, -0.1) is 0 Å². The number of hydrogen-bond acceptors (Lipinski definition) is 4. The van der Waals surface area contributed by atoms with Gasteiger partial charge >= 0.3 is 0 Å². The van der Waals surface area contributed by atoms with E-state index in [1.54, 1.807) is 7.11 Å². The van der Waals surface area contributed by atoms with Crippen molar-refractivity contribution in [1.82, 2.24) is 10.3 Å². The molecule has 0 aliphatic heterocycles. The SMILES string of the molecule is CCOC(CC)C(Cc1ncc(C)c(OC)c1C)NC. The Morgan fingerprint density at radius 2 is 2.00 bits per heavy atom. The Bertz CT molecular complexity index is 421.